The van der Waals surface area contributed by atoms with E-state index in [1.54, 1.807) is 0 Å². The lowest BCUT2D eigenvalue weighted by Crippen LogP contribution is -2.48. The summed E-state index contributed by atoms with van der Waals surface area (Å²) < 4.78 is 5.58. The molecule has 0 unspecified atom stereocenters. The second-order valence-electron chi connectivity index (χ2n) is 8.16. The molecule has 3 heterocycles. The van der Waals surface area contributed by atoms with Crippen LogP contribution >= 0.6 is 11.3 Å². The fraction of sp³-hybridized carbons (Fsp3) is 0.500. The van der Waals surface area contributed by atoms with E-state index in [0.717, 1.165) is 51.5 Å². The topological polar surface area (TPSA) is 74.8 Å². The molecule has 160 valence electrons. The number of thiazole rings is 1. The largest absolute Gasteiger partial charge is 0.493 e. The smallest absolute Gasteiger partial charge is 0.228 e. The maximum absolute atomic E-state index is 12.7. The van der Waals surface area contributed by atoms with Gasteiger partial charge in [0.25, 0.3) is 0 Å². The zero-order valence-corrected chi connectivity index (χ0v) is 18.3. The Bertz CT molecular complexity index is 919. The van der Waals surface area contributed by atoms with Crippen molar-refractivity contribution in [2.24, 2.45) is 5.92 Å². The minimum absolute atomic E-state index is 0.0609. The van der Waals surface area contributed by atoms with Gasteiger partial charge in [-0.25, -0.2) is 4.98 Å². The maximum atomic E-state index is 12.7. The lowest BCUT2D eigenvalue weighted by molar-refractivity contribution is -0.132. The Kier molecular flexibility index (Phi) is 6.34. The Morgan fingerprint density at radius 3 is 2.80 bits per heavy atom. The summed E-state index contributed by atoms with van der Waals surface area (Å²) in [5, 5.41) is 5.19. The third-order valence-electron chi connectivity index (χ3n) is 5.52. The van der Waals surface area contributed by atoms with Gasteiger partial charge in [0.05, 0.1) is 18.7 Å². The van der Waals surface area contributed by atoms with E-state index in [2.05, 4.69) is 33.4 Å². The van der Waals surface area contributed by atoms with Crippen LogP contribution in [0.15, 0.2) is 23.6 Å². The SMILES string of the molecule is CC(C)C(=O)Nc1nc(CC(=O)N2CCN(Cc3ccc4c(c3)CCO4)CC2)cs1. The number of piperazine rings is 1. The van der Waals surface area contributed by atoms with E-state index in [-0.39, 0.29) is 24.2 Å². The van der Waals surface area contributed by atoms with Gasteiger partial charge < -0.3 is 15.0 Å². The molecule has 7 nitrogen and oxygen atoms in total. The fourth-order valence-corrected chi connectivity index (χ4v) is 4.43. The van der Waals surface area contributed by atoms with Crippen LogP contribution in [0.1, 0.15) is 30.7 Å². The summed E-state index contributed by atoms with van der Waals surface area (Å²) in [4.78, 5) is 33.1. The molecule has 2 amide bonds. The number of hydrogen-bond acceptors (Lipinski definition) is 6. The molecule has 4 rings (SSSR count). The van der Waals surface area contributed by atoms with E-state index in [1.807, 2.05) is 24.1 Å². The summed E-state index contributed by atoms with van der Waals surface area (Å²) in [7, 11) is 0. The van der Waals surface area contributed by atoms with Crippen LogP contribution in [0.25, 0.3) is 0 Å². The van der Waals surface area contributed by atoms with Gasteiger partial charge in [0, 0.05) is 50.4 Å². The maximum Gasteiger partial charge on any atom is 0.228 e. The average molecular weight is 429 g/mol. The predicted molar refractivity (Wildman–Crippen MR) is 117 cm³/mol. The van der Waals surface area contributed by atoms with E-state index < -0.39 is 0 Å². The summed E-state index contributed by atoms with van der Waals surface area (Å²) in [6.07, 6.45) is 1.27. The molecule has 0 radical (unpaired) electrons. The quantitative estimate of drug-likeness (QED) is 0.765. The van der Waals surface area contributed by atoms with E-state index >= 15 is 0 Å². The van der Waals surface area contributed by atoms with Crippen LogP contribution in [0, 0.1) is 5.92 Å². The van der Waals surface area contributed by atoms with E-state index in [9.17, 15) is 9.59 Å². The number of benzene rings is 1. The van der Waals surface area contributed by atoms with Crippen molar-refractivity contribution in [1.82, 2.24) is 14.8 Å². The predicted octanol–water partition coefficient (Wildman–Crippen LogP) is 2.56. The number of anilines is 1. The highest BCUT2D eigenvalue weighted by molar-refractivity contribution is 7.13. The molecule has 8 heteroatoms. The molecule has 0 spiro atoms. The number of amides is 2. The summed E-state index contributed by atoms with van der Waals surface area (Å²) in [5.74, 6) is 0.953. The lowest BCUT2D eigenvalue weighted by Gasteiger charge is -2.34. The number of hydrogen-bond donors (Lipinski definition) is 1. The molecule has 2 aromatic rings. The molecular formula is C22H28N4O3S. The van der Waals surface area contributed by atoms with Gasteiger partial charge in [-0.3, -0.25) is 14.5 Å². The summed E-state index contributed by atoms with van der Waals surface area (Å²) in [5.41, 5.74) is 3.32. The van der Waals surface area contributed by atoms with Crippen LogP contribution in [-0.4, -0.2) is 59.4 Å². The molecular weight excluding hydrogens is 400 g/mol. The number of carbonyl (C=O) groups excluding carboxylic acids is 2. The Morgan fingerprint density at radius 1 is 1.23 bits per heavy atom. The van der Waals surface area contributed by atoms with Gasteiger partial charge in [-0.15, -0.1) is 11.3 Å². The van der Waals surface area contributed by atoms with Crippen LogP contribution in [0.4, 0.5) is 5.13 Å². The van der Waals surface area contributed by atoms with Gasteiger partial charge in [-0.2, -0.15) is 0 Å². The Hall–Kier alpha value is -2.45. The average Bonchev–Trinajstić information content (AvgIpc) is 3.37. The molecule has 0 saturated carbocycles. The van der Waals surface area contributed by atoms with Crippen LogP contribution in [0.5, 0.6) is 5.75 Å². The third-order valence-corrected chi connectivity index (χ3v) is 6.33. The van der Waals surface area contributed by atoms with Crippen molar-refractivity contribution < 1.29 is 14.3 Å². The van der Waals surface area contributed by atoms with Crippen molar-refractivity contribution in [3.05, 3.63) is 40.4 Å². The fourth-order valence-electron chi connectivity index (χ4n) is 3.71. The number of rotatable bonds is 6. The van der Waals surface area contributed by atoms with Gasteiger partial charge in [0.1, 0.15) is 5.75 Å². The molecule has 1 saturated heterocycles. The highest BCUT2D eigenvalue weighted by Gasteiger charge is 2.23. The highest BCUT2D eigenvalue weighted by Crippen LogP contribution is 2.26. The molecule has 1 aromatic carbocycles. The first-order valence-corrected chi connectivity index (χ1v) is 11.4. The van der Waals surface area contributed by atoms with Gasteiger partial charge in [-0.1, -0.05) is 26.0 Å². The minimum atomic E-state index is -0.0968. The van der Waals surface area contributed by atoms with Gasteiger partial charge >= 0.3 is 0 Å². The molecule has 0 aliphatic carbocycles. The van der Waals surface area contributed by atoms with Crippen LogP contribution < -0.4 is 10.1 Å². The monoisotopic (exact) mass is 428 g/mol. The second-order valence-corrected chi connectivity index (χ2v) is 9.02. The van der Waals surface area contributed by atoms with E-state index in [0.29, 0.717) is 10.8 Å². The lowest BCUT2D eigenvalue weighted by atomic mass is 10.1. The molecule has 1 fully saturated rings. The number of aromatic nitrogens is 1. The third kappa shape index (κ3) is 4.99. The first kappa shape index (κ1) is 20.8. The van der Waals surface area contributed by atoms with Crippen molar-refractivity contribution >= 4 is 28.3 Å². The second kappa shape index (κ2) is 9.14. The number of ether oxygens (including phenoxy) is 1. The van der Waals surface area contributed by atoms with Crippen LogP contribution in [0.2, 0.25) is 0 Å². The zero-order chi connectivity index (χ0) is 21.1. The molecule has 0 atom stereocenters. The molecule has 30 heavy (non-hydrogen) atoms. The first-order valence-electron chi connectivity index (χ1n) is 10.5. The molecule has 0 bridgehead atoms. The van der Waals surface area contributed by atoms with Gasteiger partial charge in [0.2, 0.25) is 11.8 Å². The van der Waals surface area contributed by atoms with Crippen molar-refractivity contribution in [2.45, 2.75) is 33.2 Å². The number of nitrogens with one attached hydrogen (secondary N) is 1. The van der Waals surface area contributed by atoms with Crippen molar-refractivity contribution in [2.75, 3.05) is 38.1 Å². The molecule has 2 aliphatic rings. The van der Waals surface area contributed by atoms with Crippen LogP contribution in [0.3, 0.4) is 0 Å². The van der Waals surface area contributed by atoms with Crippen molar-refractivity contribution in [3.8, 4) is 5.75 Å². The Morgan fingerprint density at radius 2 is 2.03 bits per heavy atom. The standard InChI is InChI=1S/C22H28N4O3S/c1-15(2)21(28)24-22-23-18(14-30-22)12-20(27)26-8-6-25(7-9-26)13-16-3-4-19-17(11-16)5-10-29-19/h3-4,11,14-15H,5-10,12-13H2,1-2H3,(H,23,24,28). The number of nitrogens with zero attached hydrogens (tertiary/aromatic N) is 3. The summed E-state index contributed by atoms with van der Waals surface area (Å²) >= 11 is 1.36. The van der Waals surface area contributed by atoms with Gasteiger partial charge in [-0.05, 0) is 17.2 Å². The number of fused-ring (bicyclic) bond motifs is 1. The summed E-state index contributed by atoms with van der Waals surface area (Å²) in [6.45, 7) is 8.56. The Balaban J connectivity index is 1.24. The zero-order valence-electron chi connectivity index (χ0n) is 17.5. The molecule has 1 N–H and O–H groups in total. The van der Waals surface area contributed by atoms with E-state index in [4.69, 9.17) is 4.74 Å². The highest BCUT2D eigenvalue weighted by atomic mass is 32.1. The number of carbonyl (C=O) groups is 2. The minimum Gasteiger partial charge on any atom is -0.493 e. The normalized spacial score (nSPS) is 16.4. The van der Waals surface area contributed by atoms with E-state index in [1.165, 1.54) is 22.5 Å². The van der Waals surface area contributed by atoms with Crippen molar-refractivity contribution in [1.29, 1.82) is 0 Å². The van der Waals surface area contributed by atoms with Crippen molar-refractivity contribution in [3.63, 3.8) is 0 Å². The molecule has 1 aromatic heterocycles. The van der Waals surface area contributed by atoms with Crippen LogP contribution in [-0.2, 0) is 29.0 Å². The summed E-state index contributed by atoms with van der Waals surface area (Å²) in [6, 6.07) is 6.46. The van der Waals surface area contributed by atoms with Gasteiger partial charge in [0.15, 0.2) is 5.13 Å². The first-order chi connectivity index (χ1) is 14.5. The molecule has 2 aliphatic heterocycles. The Labute approximate surface area is 181 Å².